The van der Waals surface area contributed by atoms with Gasteiger partial charge in [0.15, 0.2) is 0 Å². The fourth-order valence-corrected chi connectivity index (χ4v) is 1.61. The number of aryl methyl sites for hydroxylation is 1. The zero-order valence-electron chi connectivity index (χ0n) is 7.78. The Morgan fingerprint density at radius 2 is 2.29 bits per heavy atom. The van der Waals surface area contributed by atoms with E-state index in [1.54, 1.807) is 6.07 Å². The van der Waals surface area contributed by atoms with Crippen LogP contribution >= 0.6 is 0 Å². The SMILES string of the molecule is Cc1cc2c(c([N+](=O)[O-])c1)NCC=C2. The minimum Gasteiger partial charge on any atom is -0.376 e. The highest BCUT2D eigenvalue weighted by molar-refractivity contribution is 5.78. The maximum absolute atomic E-state index is 10.8. The molecule has 1 N–H and O–H groups in total. The van der Waals surface area contributed by atoms with Gasteiger partial charge in [0.25, 0.3) is 5.69 Å². The highest BCUT2D eigenvalue weighted by Crippen LogP contribution is 2.32. The number of nitrogens with one attached hydrogen (secondary N) is 1. The Kier molecular flexibility index (Phi) is 1.96. The molecule has 0 aromatic heterocycles. The van der Waals surface area contributed by atoms with Crippen molar-refractivity contribution in [2.45, 2.75) is 6.92 Å². The lowest BCUT2D eigenvalue weighted by Crippen LogP contribution is -2.07. The van der Waals surface area contributed by atoms with Crippen molar-refractivity contribution in [1.82, 2.24) is 0 Å². The highest BCUT2D eigenvalue weighted by Gasteiger charge is 2.18. The van der Waals surface area contributed by atoms with Gasteiger partial charge in [-0.25, -0.2) is 0 Å². The number of nitro benzene ring substituents is 1. The molecule has 0 atom stereocenters. The fourth-order valence-electron chi connectivity index (χ4n) is 1.61. The molecule has 4 nitrogen and oxygen atoms in total. The zero-order valence-corrected chi connectivity index (χ0v) is 7.78. The zero-order chi connectivity index (χ0) is 10.1. The molecule has 0 bridgehead atoms. The molecular formula is C10H10N2O2. The molecule has 14 heavy (non-hydrogen) atoms. The third kappa shape index (κ3) is 1.35. The van der Waals surface area contributed by atoms with Gasteiger partial charge in [-0.1, -0.05) is 12.2 Å². The molecule has 0 aliphatic carbocycles. The Morgan fingerprint density at radius 1 is 1.50 bits per heavy atom. The van der Waals surface area contributed by atoms with Crippen LogP contribution in [0.15, 0.2) is 18.2 Å². The van der Waals surface area contributed by atoms with Crippen molar-refractivity contribution in [3.63, 3.8) is 0 Å². The van der Waals surface area contributed by atoms with Crippen molar-refractivity contribution in [2.75, 3.05) is 11.9 Å². The third-order valence-corrected chi connectivity index (χ3v) is 2.18. The molecule has 0 unspecified atom stereocenters. The van der Waals surface area contributed by atoms with Crippen LogP contribution in [0.25, 0.3) is 6.08 Å². The van der Waals surface area contributed by atoms with Crippen LogP contribution in [-0.4, -0.2) is 11.5 Å². The van der Waals surface area contributed by atoms with Gasteiger partial charge in [-0.2, -0.15) is 0 Å². The van der Waals surface area contributed by atoms with E-state index in [-0.39, 0.29) is 10.6 Å². The predicted molar refractivity (Wildman–Crippen MR) is 55.4 cm³/mol. The Hall–Kier alpha value is -1.84. The molecule has 1 aromatic rings. The topological polar surface area (TPSA) is 55.2 Å². The van der Waals surface area contributed by atoms with E-state index in [1.165, 1.54) is 0 Å². The largest absolute Gasteiger partial charge is 0.376 e. The number of benzene rings is 1. The molecule has 0 saturated carbocycles. The highest BCUT2D eigenvalue weighted by atomic mass is 16.6. The number of hydrogen-bond donors (Lipinski definition) is 1. The lowest BCUT2D eigenvalue weighted by molar-refractivity contribution is -0.384. The fraction of sp³-hybridized carbons (Fsp3) is 0.200. The number of nitro groups is 1. The first-order chi connectivity index (χ1) is 6.68. The summed E-state index contributed by atoms with van der Waals surface area (Å²) in [6, 6.07) is 3.52. The van der Waals surface area contributed by atoms with E-state index in [4.69, 9.17) is 0 Å². The molecule has 4 heteroatoms. The van der Waals surface area contributed by atoms with Crippen molar-refractivity contribution in [1.29, 1.82) is 0 Å². The third-order valence-electron chi connectivity index (χ3n) is 2.18. The first-order valence-corrected chi connectivity index (χ1v) is 4.38. The van der Waals surface area contributed by atoms with Crippen LogP contribution in [0.4, 0.5) is 11.4 Å². The Balaban J connectivity index is 2.65. The number of rotatable bonds is 1. The maximum Gasteiger partial charge on any atom is 0.293 e. The van der Waals surface area contributed by atoms with Crippen molar-refractivity contribution in [3.8, 4) is 0 Å². The first kappa shape index (κ1) is 8.74. The van der Waals surface area contributed by atoms with Crippen molar-refractivity contribution in [2.24, 2.45) is 0 Å². The maximum atomic E-state index is 10.8. The van der Waals surface area contributed by atoms with Gasteiger partial charge >= 0.3 is 0 Å². The van der Waals surface area contributed by atoms with E-state index >= 15 is 0 Å². The van der Waals surface area contributed by atoms with Gasteiger partial charge in [-0.3, -0.25) is 10.1 Å². The number of anilines is 1. The summed E-state index contributed by atoms with van der Waals surface area (Å²) in [6.07, 6.45) is 3.86. The average Bonchev–Trinajstić information content (AvgIpc) is 2.16. The molecule has 1 aromatic carbocycles. The molecule has 0 amide bonds. The Bertz CT molecular complexity index is 424. The summed E-state index contributed by atoms with van der Waals surface area (Å²) in [4.78, 5) is 10.4. The van der Waals surface area contributed by atoms with E-state index < -0.39 is 0 Å². The summed E-state index contributed by atoms with van der Waals surface area (Å²) in [7, 11) is 0. The molecule has 1 heterocycles. The minimum atomic E-state index is -0.349. The van der Waals surface area contributed by atoms with E-state index in [0.717, 1.165) is 11.1 Å². The predicted octanol–water partition coefficient (Wildman–Crippen LogP) is 2.34. The second-order valence-electron chi connectivity index (χ2n) is 3.29. The van der Waals surface area contributed by atoms with Crippen LogP contribution in [-0.2, 0) is 0 Å². The number of nitrogens with zero attached hydrogens (tertiary/aromatic N) is 1. The van der Waals surface area contributed by atoms with Crippen LogP contribution < -0.4 is 5.32 Å². The quantitative estimate of drug-likeness (QED) is 0.546. The van der Waals surface area contributed by atoms with Crippen LogP contribution in [0, 0.1) is 17.0 Å². The van der Waals surface area contributed by atoms with E-state index in [2.05, 4.69) is 5.32 Å². The summed E-state index contributed by atoms with van der Waals surface area (Å²) in [6.45, 7) is 2.51. The second-order valence-corrected chi connectivity index (χ2v) is 3.29. The smallest absolute Gasteiger partial charge is 0.293 e. The summed E-state index contributed by atoms with van der Waals surface area (Å²) in [5.74, 6) is 0. The van der Waals surface area contributed by atoms with Gasteiger partial charge in [-0.05, 0) is 18.6 Å². The standard InChI is InChI=1S/C10H10N2O2/c1-7-5-8-3-2-4-11-10(8)9(6-7)12(13)14/h2-3,5-6,11H,4H2,1H3. The van der Waals surface area contributed by atoms with Crippen LogP contribution in [0.3, 0.4) is 0 Å². The van der Waals surface area contributed by atoms with Crippen molar-refractivity contribution in [3.05, 3.63) is 39.4 Å². The lowest BCUT2D eigenvalue weighted by atomic mass is 10.0. The molecule has 72 valence electrons. The lowest BCUT2D eigenvalue weighted by Gasteiger charge is -2.13. The Morgan fingerprint density at radius 3 is 3.00 bits per heavy atom. The van der Waals surface area contributed by atoms with Gasteiger partial charge in [0.2, 0.25) is 0 Å². The van der Waals surface area contributed by atoms with Gasteiger partial charge in [0.1, 0.15) is 5.69 Å². The molecule has 0 saturated heterocycles. The van der Waals surface area contributed by atoms with E-state index in [0.29, 0.717) is 12.2 Å². The molecule has 0 radical (unpaired) electrons. The summed E-state index contributed by atoms with van der Waals surface area (Å²) in [5, 5.41) is 13.8. The monoisotopic (exact) mass is 190 g/mol. The number of fused-ring (bicyclic) bond motifs is 1. The first-order valence-electron chi connectivity index (χ1n) is 4.38. The number of hydrogen-bond acceptors (Lipinski definition) is 3. The molecule has 1 aliphatic heterocycles. The average molecular weight is 190 g/mol. The van der Waals surface area contributed by atoms with Gasteiger partial charge in [0, 0.05) is 18.2 Å². The molecule has 0 fully saturated rings. The second kappa shape index (κ2) is 3.14. The summed E-state index contributed by atoms with van der Waals surface area (Å²) in [5.41, 5.74) is 2.58. The Labute approximate surface area is 81.4 Å². The molecule has 1 aliphatic rings. The molecule has 0 spiro atoms. The molecular weight excluding hydrogens is 180 g/mol. The van der Waals surface area contributed by atoms with Crippen molar-refractivity contribution < 1.29 is 4.92 Å². The molecule has 2 rings (SSSR count). The normalized spacial score (nSPS) is 13.2. The van der Waals surface area contributed by atoms with Gasteiger partial charge < -0.3 is 5.32 Å². The van der Waals surface area contributed by atoms with Gasteiger partial charge in [-0.15, -0.1) is 0 Å². The summed E-state index contributed by atoms with van der Waals surface area (Å²) < 4.78 is 0. The van der Waals surface area contributed by atoms with Crippen LogP contribution in [0.5, 0.6) is 0 Å². The van der Waals surface area contributed by atoms with E-state index in [1.807, 2.05) is 25.1 Å². The van der Waals surface area contributed by atoms with Gasteiger partial charge in [0.05, 0.1) is 4.92 Å². The van der Waals surface area contributed by atoms with E-state index in [9.17, 15) is 10.1 Å². The summed E-state index contributed by atoms with van der Waals surface area (Å²) >= 11 is 0. The van der Waals surface area contributed by atoms with Crippen LogP contribution in [0.2, 0.25) is 0 Å². The van der Waals surface area contributed by atoms with Crippen LogP contribution in [0.1, 0.15) is 11.1 Å². The van der Waals surface area contributed by atoms with Crippen molar-refractivity contribution >= 4 is 17.5 Å². The minimum absolute atomic E-state index is 0.157.